The van der Waals surface area contributed by atoms with Gasteiger partial charge in [-0.2, -0.15) is 0 Å². The lowest BCUT2D eigenvalue weighted by Gasteiger charge is -2.41. The molecule has 0 spiro atoms. The van der Waals surface area contributed by atoms with Crippen LogP contribution in [0, 0.1) is 0 Å². The van der Waals surface area contributed by atoms with Crippen LogP contribution in [0.15, 0.2) is 170 Å². The Labute approximate surface area is 262 Å². The number of nitrogens with zero attached hydrogens (tertiary/aromatic N) is 3. The molecule has 8 rings (SSSR count). The smallest absolute Gasteiger partial charge is 0.236 e. The molecule has 2 aromatic heterocycles. The van der Waals surface area contributed by atoms with Crippen LogP contribution in [-0.4, -0.2) is 9.97 Å². The molecule has 0 aliphatic carbocycles. The fraction of sp³-hybridized carbons (Fsp3) is 0. The van der Waals surface area contributed by atoms with Gasteiger partial charge in [-0.1, -0.05) is 115 Å². The molecule has 0 amide bonds. The van der Waals surface area contributed by atoms with Gasteiger partial charge in [0.05, 0.1) is 27.7 Å². The minimum absolute atomic E-state index is 0.659. The van der Waals surface area contributed by atoms with E-state index >= 15 is 4.57 Å². The summed E-state index contributed by atoms with van der Waals surface area (Å²) in [5.74, 6) is 0. The van der Waals surface area contributed by atoms with Crippen LogP contribution in [0.5, 0.6) is 0 Å². The second-order valence-corrected chi connectivity index (χ2v) is 13.5. The van der Waals surface area contributed by atoms with E-state index in [1.807, 2.05) is 78.9 Å². The molecule has 45 heavy (non-hydrogen) atoms. The SMILES string of the molecule is O=P1(c2ccc(-c3ccccn3)nc2)c2c(-c3ccccc3)cccc2-c2ccccc2N1c1cccc(-c2ccccc2)c1. The maximum Gasteiger partial charge on any atom is 0.236 e. The van der Waals surface area contributed by atoms with Crippen molar-refractivity contribution in [3.8, 4) is 44.8 Å². The maximum absolute atomic E-state index is 16.5. The van der Waals surface area contributed by atoms with Crippen LogP contribution in [0.25, 0.3) is 44.8 Å². The molecule has 0 N–H and O–H groups in total. The predicted octanol–water partition coefficient (Wildman–Crippen LogP) is 9.53. The molecule has 5 aromatic carbocycles. The zero-order chi connectivity index (χ0) is 30.2. The highest BCUT2D eigenvalue weighted by atomic mass is 31.2. The van der Waals surface area contributed by atoms with Crippen LogP contribution in [0.1, 0.15) is 0 Å². The van der Waals surface area contributed by atoms with Crippen molar-refractivity contribution in [2.75, 3.05) is 4.67 Å². The standard InChI is InChI=1S/C40H28N3OP/c44-45(33-24-25-38(42-28-33)37-22-9-10-26-41-37)40-34(30-15-5-2-6-16-30)20-12-21-36(40)35-19-7-8-23-39(35)43(45)32-18-11-17-31(27-32)29-13-3-1-4-14-29/h1-28H. The lowest BCUT2D eigenvalue weighted by Crippen LogP contribution is -2.35. The molecule has 0 bridgehead atoms. The number of benzene rings is 5. The van der Waals surface area contributed by atoms with Gasteiger partial charge in [-0.25, -0.2) is 0 Å². The molecule has 4 nitrogen and oxygen atoms in total. The first-order chi connectivity index (χ1) is 22.2. The Hall–Kier alpha value is -5.57. The fourth-order valence-electron chi connectivity index (χ4n) is 6.30. The Morgan fingerprint density at radius 2 is 1.13 bits per heavy atom. The zero-order valence-electron chi connectivity index (χ0n) is 24.4. The Bertz CT molecular complexity index is 2170. The summed E-state index contributed by atoms with van der Waals surface area (Å²) in [6, 6.07) is 53.1. The van der Waals surface area contributed by atoms with Crippen molar-refractivity contribution in [2.24, 2.45) is 0 Å². The second-order valence-electron chi connectivity index (χ2n) is 11.0. The highest BCUT2D eigenvalue weighted by molar-refractivity contribution is 7.81. The number of anilines is 2. The summed E-state index contributed by atoms with van der Waals surface area (Å²) in [5, 5.41) is 1.47. The number of pyridine rings is 2. The fourth-order valence-corrected chi connectivity index (χ4v) is 9.46. The molecule has 214 valence electrons. The monoisotopic (exact) mass is 597 g/mol. The molecular formula is C40H28N3OP. The van der Waals surface area contributed by atoms with Crippen molar-refractivity contribution in [1.82, 2.24) is 9.97 Å². The normalized spacial score (nSPS) is 15.2. The molecule has 1 aliphatic rings. The first-order valence-corrected chi connectivity index (χ1v) is 16.6. The number of hydrogen-bond acceptors (Lipinski definition) is 3. The number of para-hydroxylation sites is 1. The molecule has 3 heterocycles. The van der Waals surface area contributed by atoms with Crippen molar-refractivity contribution in [3.05, 3.63) is 170 Å². The van der Waals surface area contributed by atoms with Crippen molar-refractivity contribution in [3.63, 3.8) is 0 Å². The molecule has 7 aromatic rings. The van der Waals surface area contributed by atoms with Gasteiger partial charge in [-0.15, -0.1) is 0 Å². The highest BCUT2D eigenvalue weighted by Gasteiger charge is 2.45. The zero-order valence-corrected chi connectivity index (χ0v) is 25.3. The van der Waals surface area contributed by atoms with E-state index in [2.05, 4.69) is 88.5 Å². The molecule has 0 saturated carbocycles. The second kappa shape index (κ2) is 11.2. The van der Waals surface area contributed by atoms with Crippen LogP contribution in [0.2, 0.25) is 0 Å². The number of fused-ring (bicyclic) bond motifs is 3. The summed E-state index contributed by atoms with van der Waals surface area (Å²) in [7, 11) is -3.60. The average molecular weight is 598 g/mol. The molecule has 1 unspecified atom stereocenters. The van der Waals surface area contributed by atoms with Crippen molar-refractivity contribution >= 4 is 29.3 Å². The highest BCUT2D eigenvalue weighted by Crippen LogP contribution is 2.62. The van der Waals surface area contributed by atoms with E-state index in [4.69, 9.17) is 4.98 Å². The van der Waals surface area contributed by atoms with E-state index in [1.165, 1.54) is 0 Å². The Kier molecular flexibility index (Phi) is 6.70. The maximum atomic E-state index is 16.5. The minimum Gasteiger partial charge on any atom is -0.289 e. The van der Waals surface area contributed by atoms with Crippen LogP contribution in [-0.2, 0) is 4.57 Å². The summed E-state index contributed by atoms with van der Waals surface area (Å²) >= 11 is 0. The molecule has 0 radical (unpaired) electrons. The molecular weight excluding hydrogens is 569 g/mol. The lowest BCUT2D eigenvalue weighted by molar-refractivity contribution is 0.587. The summed E-state index contributed by atoms with van der Waals surface area (Å²) in [6.45, 7) is 0. The van der Waals surface area contributed by atoms with Crippen LogP contribution in [0.4, 0.5) is 11.4 Å². The van der Waals surface area contributed by atoms with Gasteiger partial charge in [0.1, 0.15) is 0 Å². The van der Waals surface area contributed by atoms with Crippen molar-refractivity contribution in [2.45, 2.75) is 0 Å². The Balaban J connectivity index is 1.43. The topological polar surface area (TPSA) is 46.1 Å². The third kappa shape index (κ3) is 4.59. The van der Waals surface area contributed by atoms with Crippen molar-refractivity contribution < 1.29 is 4.57 Å². The third-order valence-electron chi connectivity index (χ3n) is 8.35. The lowest BCUT2D eigenvalue weighted by atomic mass is 9.97. The van der Waals surface area contributed by atoms with Gasteiger partial charge in [0.15, 0.2) is 0 Å². The first kappa shape index (κ1) is 27.0. The first-order valence-electron chi connectivity index (χ1n) is 14.9. The average Bonchev–Trinajstić information content (AvgIpc) is 3.13. The number of aromatic nitrogens is 2. The number of rotatable bonds is 5. The van der Waals surface area contributed by atoms with Gasteiger partial charge in [0.25, 0.3) is 0 Å². The van der Waals surface area contributed by atoms with E-state index in [1.54, 1.807) is 12.4 Å². The van der Waals surface area contributed by atoms with E-state index in [-0.39, 0.29) is 0 Å². The van der Waals surface area contributed by atoms with Gasteiger partial charge in [0, 0.05) is 23.6 Å². The third-order valence-corrected chi connectivity index (χ3v) is 11.4. The summed E-state index contributed by atoms with van der Waals surface area (Å²) in [6.07, 6.45) is 3.53. The van der Waals surface area contributed by atoms with Crippen LogP contribution >= 0.6 is 7.29 Å². The van der Waals surface area contributed by atoms with Crippen LogP contribution in [0.3, 0.4) is 0 Å². The van der Waals surface area contributed by atoms with E-state index in [0.717, 1.165) is 61.4 Å². The van der Waals surface area contributed by atoms with E-state index < -0.39 is 7.29 Å². The van der Waals surface area contributed by atoms with E-state index in [9.17, 15) is 0 Å². The minimum atomic E-state index is -3.60. The molecule has 0 saturated heterocycles. The Morgan fingerprint density at radius 3 is 1.89 bits per heavy atom. The van der Waals surface area contributed by atoms with Gasteiger partial charge in [-0.3, -0.25) is 19.2 Å². The van der Waals surface area contributed by atoms with Gasteiger partial charge in [0.2, 0.25) is 7.29 Å². The largest absolute Gasteiger partial charge is 0.289 e. The van der Waals surface area contributed by atoms with E-state index in [0.29, 0.717) is 5.30 Å². The Morgan fingerprint density at radius 1 is 0.489 bits per heavy atom. The molecule has 0 fully saturated rings. The molecule has 1 aliphatic heterocycles. The van der Waals surface area contributed by atoms with Gasteiger partial charge >= 0.3 is 0 Å². The summed E-state index contributed by atoms with van der Waals surface area (Å²) in [5.41, 5.74) is 9.40. The van der Waals surface area contributed by atoms with Gasteiger partial charge < -0.3 is 0 Å². The van der Waals surface area contributed by atoms with Gasteiger partial charge in [-0.05, 0) is 70.3 Å². The number of hydrogen-bond donors (Lipinski definition) is 0. The quantitative estimate of drug-likeness (QED) is 0.185. The van der Waals surface area contributed by atoms with Crippen molar-refractivity contribution in [1.29, 1.82) is 0 Å². The van der Waals surface area contributed by atoms with Crippen LogP contribution < -0.4 is 15.3 Å². The predicted molar refractivity (Wildman–Crippen MR) is 186 cm³/mol. The summed E-state index contributed by atoms with van der Waals surface area (Å²) < 4.78 is 18.6. The molecule has 1 atom stereocenters. The molecule has 5 heteroatoms. The summed E-state index contributed by atoms with van der Waals surface area (Å²) in [4.78, 5) is 9.32.